The van der Waals surface area contributed by atoms with Gasteiger partial charge in [-0.3, -0.25) is 0 Å². The Labute approximate surface area is 112 Å². The minimum Gasteiger partial charge on any atom is -0.123 e. The standard InChI is InChI=1S/C5H12Si.C4H9B.2C3H6/c1-5-6(2,3)4;1-4-5(2)3;2*1-3-2/h5H,1H2,2-4H3;4H,1H2,2-3H3;2*3H,1H2,2H3. The van der Waals surface area contributed by atoms with E-state index in [1.54, 1.807) is 12.2 Å². The lowest BCUT2D eigenvalue weighted by molar-refractivity contribution is 1.78. The molecule has 17 heavy (non-hydrogen) atoms. The number of allylic oxidation sites excluding steroid dienone is 2. The van der Waals surface area contributed by atoms with Crippen LogP contribution in [0.25, 0.3) is 0 Å². The largest absolute Gasteiger partial charge is 0.159 e. The van der Waals surface area contributed by atoms with Crippen LogP contribution in [0, 0.1) is 0 Å². The van der Waals surface area contributed by atoms with Crippen LogP contribution in [-0.4, -0.2) is 14.8 Å². The topological polar surface area (TPSA) is 0 Å². The summed E-state index contributed by atoms with van der Waals surface area (Å²) in [5, 5.41) is 0. The molecule has 0 saturated heterocycles. The first-order valence-electron chi connectivity index (χ1n) is 6.06. The Morgan fingerprint density at radius 2 is 0.941 bits per heavy atom. The highest BCUT2D eigenvalue weighted by Gasteiger charge is 2.03. The first-order valence-corrected chi connectivity index (χ1v) is 9.64. The molecule has 0 unspecified atom stereocenters. The minimum absolute atomic E-state index is 0.648. The molecule has 0 heterocycles. The molecule has 0 aliphatic rings. The van der Waals surface area contributed by atoms with Gasteiger partial charge in [0.2, 0.25) is 0 Å². The fourth-order valence-corrected chi connectivity index (χ4v) is 0. The van der Waals surface area contributed by atoms with E-state index in [0.29, 0.717) is 6.71 Å². The third-order valence-electron chi connectivity index (χ3n) is 1.08. The van der Waals surface area contributed by atoms with E-state index in [1.165, 1.54) is 0 Å². The Morgan fingerprint density at radius 3 is 0.941 bits per heavy atom. The van der Waals surface area contributed by atoms with Crippen LogP contribution in [0.1, 0.15) is 13.8 Å². The molecule has 0 aromatic heterocycles. The Morgan fingerprint density at radius 1 is 0.824 bits per heavy atom. The second kappa shape index (κ2) is 20.6. The Kier molecular flexibility index (Phi) is 30.6. The normalized spacial score (nSPS) is 7.47. The summed E-state index contributed by atoms with van der Waals surface area (Å²) in [5.74, 6) is 1.92. The summed E-state index contributed by atoms with van der Waals surface area (Å²) < 4.78 is 0. The second-order valence-corrected chi connectivity index (χ2v) is 10.0. The smallest absolute Gasteiger partial charge is 0.123 e. The Balaban J connectivity index is -0.0000000698. The molecule has 0 aliphatic heterocycles. The van der Waals surface area contributed by atoms with Crippen molar-refractivity contribution >= 4 is 14.8 Å². The molecule has 0 saturated carbocycles. The van der Waals surface area contributed by atoms with Gasteiger partial charge >= 0.3 is 0 Å². The van der Waals surface area contributed by atoms with E-state index in [2.05, 4.69) is 65.3 Å². The highest BCUT2D eigenvalue weighted by Crippen LogP contribution is 1.98. The second-order valence-electron chi connectivity index (χ2n) is 4.87. The van der Waals surface area contributed by atoms with Gasteiger partial charge in [0.1, 0.15) is 0 Å². The Bertz CT molecular complexity index is 170. The zero-order valence-corrected chi connectivity index (χ0v) is 14.2. The third kappa shape index (κ3) is 149. The number of rotatable bonds is 2. The molecule has 0 bridgehead atoms. The summed E-state index contributed by atoms with van der Waals surface area (Å²) in [5.41, 5.74) is 2.08. The highest BCUT2D eigenvalue weighted by molar-refractivity contribution is 6.80. The van der Waals surface area contributed by atoms with Crippen molar-refractivity contribution in [3.05, 3.63) is 50.1 Å². The van der Waals surface area contributed by atoms with Gasteiger partial charge in [0.05, 0.1) is 8.07 Å². The van der Waals surface area contributed by atoms with Crippen molar-refractivity contribution in [2.24, 2.45) is 0 Å². The molecule has 0 aromatic carbocycles. The molecule has 0 aromatic rings. The molecule has 0 atom stereocenters. The summed E-state index contributed by atoms with van der Waals surface area (Å²) in [6.07, 6.45) is 3.50. The summed E-state index contributed by atoms with van der Waals surface area (Å²) >= 11 is 0. The first-order chi connectivity index (χ1) is 7.66. The van der Waals surface area contributed by atoms with E-state index in [9.17, 15) is 0 Å². The van der Waals surface area contributed by atoms with E-state index >= 15 is 0 Å². The van der Waals surface area contributed by atoms with Crippen LogP contribution < -0.4 is 0 Å². The van der Waals surface area contributed by atoms with Crippen LogP contribution in [-0.2, 0) is 0 Å². The zero-order valence-electron chi connectivity index (χ0n) is 13.2. The summed E-state index contributed by atoms with van der Waals surface area (Å²) in [4.78, 5) is 0. The van der Waals surface area contributed by atoms with Gasteiger partial charge < -0.3 is 0 Å². The molecule has 0 nitrogen and oxygen atoms in total. The molecule has 0 fully saturated rings. The van der Waals surface area contributed by atoms with E-state index in [1.807, 2.05) is 19.8 Å². The number of hydrogen-bond donors (Lipinski definition) is 0. The summed E-state index contributed by atoms with van der Waals surface area (Å²) in [6.45, 7) is 29.4. The fraction of sp³-hybridized carbons (Fsp3) is 0.467. The molecule has 0 rings (SSSR count). The lowest BCUT2D eigenvalue weighted by Gasteiger charge is -2.04. The van der Waals surface area contributed by atoms with Gasteiger partial charge in [-0.2, -0.15) is 0 Å². The molecule has 2 heteroatoms. The van der Waals surface area contributed by atoms with E-state index < -0.39 is 8.07 Å². The molecule has 0 spiro atoms. The van der Waals surface area contributed by atoms with E-state index in [-0.39, 0.29) is 0 Å². The number of hydrogen-bond acceptors (Lipinski definition) is 0. The van der Waals surface area contributed by atoms with Crippen molar-refractivity contribution in [3.8, 4) is 0 Å². The molecule has 100 valence electrons. The minimum atomic E-state index is -0.867. The Hall–Kier alpha value is -0.758. The predicted molar refractivity (Wildman–Crippen MR) is 93.0 cm³/mol. The van der Waals surface area contributed by atoms with Gasteiger partial charge in [0.15, 0.2) is 6.71 Å². The average molecular weight is 252 g/mol. The van der Waals surface area contributed by atoms with Gasteiger partial charge in [-0.15, -0.1) is 38.0 Å². The van der Waals surface area contributed by atoms with Crippen molar-refractivity contribution in [3.63, 3.8) is 0 Å². The highest BCUT2D eigenvalue weighted by atomic mass is 28.3. The summed E-state index contributed by atoms with van der Waals surface area (Å²) in [6, 6.07) is 0. The maximum absolute atomic E-state index is 3.69. The van der Waals surface area contributed by atoms with Crippen LogP contribution in [0.15, 0.2) is 50.1 Å². The molecule has 0 radical (unpaired) electrons. The van der Waals surface area contributed by atoms with E-state index in [0.717, 1.165) is 0 Å². The van der Waals surface area contributed by atoms with Crippen molar-refractivity contribution in [2.75, 3.05) is 0 Å². The van der Waals surface area contributed by atoms with Crippen LogP contribution in [0.4, 0.5) is 0 Å². The lowest BCUT2D eigenvalue weighted by atomic mass is 9.55. The van der Waals surface area contributed by atoms with Gasteiger partial charge in [-0.1, -0.05) is 45.4 Å². The van der Waals surface area contributed by atoms with Gasteiger partial charge in [-0.25, -0.2) is 0 Å². The van der Waals surface area contributed by atoms with Crippen LogP contribution in [0.2, 0.25) is 33.3 Å². The maximum Gasteiger partial charge on any atom is 0.159 e. The van der Waals surface area contributed by atoms with Crippen LogP contribution in [0.3, 0.4) is 0 Å². The monoisotopic (exact) mass is 252 g/mol. The van der Waals surface area contributed by atoms with Crippen molar-refractivity contribution in [1.29, 1.82) is 0 Å². The quantitative estimate of drug-likeness (QED) is 0.424. The average Bonchev–Trinajstić information content (AvgIpc) is 2.20. The van der Waals surface area contributed by atoms with Crippen LogP contribution >= 0.6 is 0 Å². The molecular formula is C15H33BSi. The maximum atomic E-state index is 3.69. The lowest BCUT2D eigenvalue weighted by Crippen LogP contribution is -2.14. The molecule has 0 aliphatic carbocycles. The fourth-order valence-electron chi connectivity index (χ4n) is 0. The van der Waals surface area contributed by atoms with E-state index in [4.69, 9.17) is 0 Å². The third-order valence-corrected chi connectivity index (χ3v) is 2.31. The van der Waals surface area contributed by atoms with Crippen molar-refractivity contribution in [2.45, 2.75) is 47.1 Å². The van der Waals surface area contributed by atoms with Crippen molar-refractivity contribution in [1.82, 2.24) is 0 Å². The van der Waals surface area contributed by atoms with Gasteiger partial charge in [0, 0.05) is 0 Å². The first kappa shape index (κ1) is 25.2. The van der Waals surface area contributed by atoms with Gasteiger partial charge in [-0.05, 0) is 13.8 Å². The van der Waals surface area contributed by atoms with Crippen molar-refractivity contribution < 1.29 is 0 Å². The van der Waals surface area contributed by atoms with Gasteiger partial charge in [0.25, 0.3) is 0 Å². The molecular weight excluding hydrogens is 219 g/mol. The van der Waals surface area contributed by atoms with Crippen LogP contribution in [0.5, 0.6) is 0 Å². The summed E-state index contributed by atoms with van der Waals surface area (Å²) in [7, 11) is -0.867. The molecule has 0 amide bonds. The SMILES string of the molecule is C=CB(C)C.C=CC.C=CC.C=C[Si](C)(C)C. The zero-order chi connectivity index (χ0) is 14.9. The predicted octanol–water partition coefficient (Wildman–Crippen LogP) is 5.90. The molecule has 0 N–H and O–H groups in total.